The Kier molecular flexibility index (Phi) is 4.19. The summed E-state index contributed by atoms with van der Waals surface area (Å²) in [5, 5.41) is 0. The van der Waals surface area contributed by atoms with Crippen LogP contribution in [0.25, 0.3) is 0 Å². The van der Waals surface area contributed by atoms with Gasteiger partial charge in [-0.3, -0.25) is 0 Å². The van der Waals surface area contributed by atoms with Gasteiger partial charge in [0.1, 0.15) is 0 Å². The van der Waals surface area contributed by atoms with E-state index in [0.29, 0.717) is 12.0 Å². The fourth-order valence-corrected chi connectivity index (χ4v) is 1.69. The highest BCUT2D eigenvalue weighted by Crippen LogP contribution is 2.42. The molecule has 0 aliphatic carbocycles. The second-order valence-electron chi connectivity index (χ2n) is 4.14. The minimum atomic E-state index is -3.58. The molecule has 1 aromatic rings. The number of nitrogens with two attached hydrogens (primary N) is 1. The van der Waals surface area contributed by atoms with Crippen LogP contribution in [0.15, 0.2) is 30.4 Å². The van der Waals surface area contributed by atoms with Crippen molar-refractivity contribution in [2.75, 3.05) is 0 Å². The van der Waals surface area contributed by atoms with Gasteiger partial charge >= 0.3 is 6.29 Å². The molecule has 1 heterocycles. The minimum Gasteiger partial charge on any atom is -0.395 e. The predicted octanol–water partition coefficient (Wildman–Crippen LogP) is 3.40. The van der Waals surface area contributed by atoms with Gasteiger partial charge in [0.25, 0.3) is 0 Å². The van der Waals surface area contributed by atoms with Crippen LogP contribution in [0.5, 0.6) is 11.5 Å². The lowest BCUT2D eigenvalue weighted by molar-refractivity contribution is -0.286. The van der Waals surface area contributed by atoms with Crippen molar-refractivity contribution < 1.29 is 18.3 Å². The van der Waals surface area contributed by atoms with Gasteiger partial charge in [-0.25, -0.2) is 0 Å². The van der Waals surface area contributed by atoms with Crippen molar-refractivity contribution in [2.24, 2.45) is 5.73 Å². The first-order valence-corrected chi connectivity index (χ1v) is 5.17. The average Bonchev–Trinajstić information content (AvgIpc) is 2.48. The van der Waals surface area contributed by atoms with E-state index in [4.69, 9.17) is 5.73 Å². The Morgan fingerprint density at radius 1 is 1.39 bits per heavy atom. The van der Waals surface area contributed by atoms with Crippen LogP contribution < -0.4 is 15.2 Å². The number of hydrogen-bond acceptors (Lipinski definition) is 3. The van der Waals surface area contributed by atoms with Gasteiger partial charge < -0.3 is 15.2 Å². The Morgan fingerprint density at radius 3 is 2.61 bits per heavy atom. The first-order chi connectivity index (χ1) is 7.87. The molecule has 0 radical (unpaired) electrons. The lowest BCUT2D eigenvalue weighted by Gasteiger charge is -2.12. The van der Waals surface area contributed by atoms with Gasteiger partial charge in [-0.2, -0.15) is 0 Å². The summed E-state index contributed by atoms with van der Waals surface area (Å²) in [7, 11) is 0. The normalized spacial score (nSPS) is 16.9. The van der Waals surface area contributed by atoms with Crippen molar-refractivity contribution >= 4 is 12.4 Å². The molecule has 0 unspecified atom stereocenters. The first-order valence-electron chi connectivity index (χ1n) is 5.17. The van der Waals surface area contributed by atoms with Crippen molar-refractivity contribution in [3.8, 4) is 11.5 Å². The number of alkyl halides is 2. The standard InChI is InChI=1S/C12H13F2NO2.ClH/c1-7(2)5-9(15)8-3-4-10-11(6-8)17-12(13,14)16-10;/h3-4,6,9H,1,5,15H2,2H3;1H/t9-;/m1./s1. The Labute approximate surface area is 110 Å². The SMILES string of the molecule is C=C(C)C[C@@H](N)c1ccc2c(c1)OC(F)(F)O2.Cl. The summed E-state index contributed by atoms with van der Waals surface area (Å²) in [6.45, 7) is 5.62. The molecule has 2 rings (SSSR count). The van der Waals surface area contributed by atoms with E-state index >= 15 is 0 Å². The zero-order chi connectivity index (χ0) is 12.6. The monoisotopic (exact) mass is 277 g/mol. The maximum Gasteiger partial charge on any atom is 0.586 e. The molecule has 3 nitrogen and oxygen atoms in total. The van der Waals surface area contributed by atoms with Gasteiger partial charge in [0, 0.05) is 6.04 Å². The zero-order valence-corrected chi connectivity index (χ0v) is 10.6. The van der Waals surface area contributed by atoms with E-state index in [-0.39, 0.29) is 29.9 Å². The van der Waals surface area contributed by atoms with Crippen LogP contribution in [0.2, 0.25) is 0 Å². The molecule has 2 N–H and O–H groups in total. The van der Waals surface area contributed by atoms with Gasteiger partial charge in [-0.1, -0.05) is 11.6 Å². The van der Waals surface area contributed by atoms with Gasteiger partial charge in [0.05, 0.1) is 0 Å². The van der Waals surface area contributed by atoms with Crippen LogP contribution in [0, 0.1) is 0 Å². The summed E-state index contributed by atoms with van der Waals surface area (Å²) in [5.74, 6) is 0.0472. The molecule has 1 atom stereocenters. The molecule has 6 heteroatoms. The lowest BCUT2D eigenvalue weighted by Crippen LogP contribution is -2.25. The molecule has 0 aromatic heterocycles. The molecule has 0 saturated heterocycles. The van der Waals surface area contributed by atoms with Crippen molar-refractivity contribution in [1.29, 1.82) is 0 Å². The molecule has 0 fully saturated rings. The summed E-state index contributed by atoms with van der Waals surface area (Å²) in [6.07, 6.45) is -2.99. The molecule has 1 aliphatic rings. The number of halogens is 3. The zero-order valence-electron chi connectivity index (χ0n) is 9.78. The van der Waals surface area contributed by atoms with Crippen LogP contribution in [0.1, 0.15) is 24.9 Å². The number of ether oxygens (including phenoxy) is 2. The summed E-state index contributed by atoms with van der Waals surface area (Å²) < 4.78 is 34.2. The maximum absolute atomic E-state index is 12.8. The van der Waals surface area contributed by atoms with Crippen LogP contribution in [-0.4, -0.2) is 6.29 Å². The molecule has 0 saturated carbocycles. The molecule has 0 amide bonds. The second-order valence-corrected chi connectivity index (χ2v) is 4.14. The van der Waals surface area contributed by atoms with E-state index in [1.807, 2.05) is 6.92 Å². The maximum atomic E-state index is 12.8. The van der Waals surface area contributed by atoms with Crippen molar-refractivity contribution in [2.45, 2.75) is 25.7 Å². The van der Waals surface area contributed by atoms with Gasteiger partial charge in [-0.05, 0) is 31.0 Å². The highest BCUT2D eigenvalue weighted by molar-refractivity contribution is 5.85. The smallest absolute Gasteiger partial charge is 0.395 e. The summed E-state index contributed by atoms with van der Waals surface area (Å²) >= 11 is 0. The van der Waals surface area contributed by atoms with E-state index < -0.39 is 6.29 Å². The average molecular weight is 278 g/mol. The third-order valence-electron chi connectivity index (χ3n) is 2.42. The van der Waals surface area contributed by atoms with Crippen molar-refractivity contribution in [1.82, 2.24) is 0 Å². The third-order valence-corrected chi connectivity index (χ3v) is 2.42. The minimum absolute atomic E-state index is 0. The number of benzene rings is 1. The molecule has 18 heavy (non-hydrogen) atoms. The highest BCUT2D eigenvalue weighted by atomic mass is 35.5. The van der Waals surface area contributed by atoms with Crippen molar-refractivity contribution in [3.05, 3.63) is 35.9 Å². The summed E-state index contributed by atoms with van der Waals surface area (Å²) in [6, 6.07) is 4.28. The van der Waals surface area contributed by atoms with E-state index in [1.165, 1.54) is 12.1 Å². The number of rotatable bonds is 3. The highest BCUT2D eigenvalue weighted by Gasteiger charge is 2.43. The van der Waals surface area contributed by atoms with E-state index in [2.05, 4.69) is 16.1 Å². The van der Waals surface area contributed by atoms with E-state index in [0.717, 1.165) is 5.57 Å². The first kappa shape index (κ1) is 14.7. The molecule has 0 bridgehead atoms. The van der Waals surface area contributed by atoms with Crippen LogP contribution in [-0.2, 0) is 0 Å². The lowest BCUT2D eigenvalue weighted by atomic mass is 10.0. The third kappa shape index (κ3) is 3.11. The second kappa shape index (κ2) is 5.12. The van der Waals surface area contributed by atoms with E-state index in [9.17, 15) is 8.78 Å². The van der Waals surface area contributed by atoms with Crippen LogP contribution in [0.3, 0.4) is 0 Å². The molecule has 1 aromatic carbocycles. The molecule has 100 valence electrons. The molecule has 1 aliphatic heterocycles. The summed E-state index contributed by atoms with van der Waals surface area (Å²) in [4.78, 5) is 0. The van der Waals surface area contributed by atoms with E-state index in [1.54, 1.807) is 6.07 Å². The summed E-state index contributed by atoms with van der Waals surface area (Å²) in [5.41, 5.74) is 7.56. The fourth-order valence-electron chi connectivity index (χ4n) is 1.69. The topological polar surface area (TPSA) is 44.5 Å². The Balaban J connectivity index is 0.00000162. The Morgan fingerprint density at radius 2 is 2.00 bits per heavy atom. The fraction of sp³-hybridized carbons (Fsp3) is 0.333. The number of hydrogen-bond donors (Lipinski definition) is 1. The van der Waals surface area contributed by atoms with Crippen LogP contribution >= 0.6 is 12.4 Å². The largest absolute Gasteiger partial charge is 0.586 e. The van der Waals surface area contributed by atoms with Gasteiger partial charge in [0.2, 0.25) is 0 Å². The van der Waals surface area contributed by atoms with Crippen LogP contribution in [0.4, 0.5) is 8.78 Å². The molecule has 0 spiro atoms. The van der Waals surface area contributed by atoms with Crippen molar-refractivity contribution in [3.63, 3.8) is 0 Å². The molecular weight excluding hydrogens is 264 g/mol. The number of fused-ring (bicyclic) bond motifs is 1. The Bertz CT molecular complexity index is 465. The quantitative estimate of drug-likeness (QED) is 0.861. The Hall–Kier alpha value is -1.33. The predicted molar refractivity (Wildman–Crippen MR) is 66.3 cm³/mol. The molecular formula is C12H14ClF2NO2. The van der Waals surface area contributed by atoms with Gasteiger partial charge in [-0.15, -0.1) is 27.8 Å². The van der Waals surface area contributed by atoms with Gasteiger partial charge in [0.15, 0.2) is 11.5 Å².